The van der Waals surface area contributed by atoms with E-state index in [1.54, 1.807) is 24.0 Å². The quantitative estimate of drug-likeness (QED) is 0.533. The minimum atomic E-state index is -0.817. The van der Waals surface area contributed by atoms with Gasteiger partial charge in [0.15, 0.2) is 6.10 Å². The smallest absolute Gasteiger partial charge is 0.279 e. The van der Waals surface area contributed by atoms with Gasteiger partial charge >= 0.3 is 0 Å². The number of nitrogens with one attached hydrogen (secondary N) is 2. The van der Waals surface area contributed by atoms with Gasteiger partial charge in [-0.2, -0.15) is 0 Å². The van der Waals surface area contributed by atoms with Gasteiger partial charge in [-0.1, -0.05) is 72.8 Å². The van der Waals surface area contributed by atoms with Crippen LogP contribution in [-0.2, 0) is 20.9 Å². The summed E-state index contributed by atoms with van der Waals surface area (Å²) in [6.45, 7) is 2.38. The summed E-state index contributed by atoms with van der Waals surface area (Å²) in [5, 5.41) is 0. The molecule has 4 rings (SSSR count). The van der Waals surface area contributed by atoms with E-state index in [0.717, 1.165) is 16.7 Å². The van der Waals surface area contributed by atoms with E-state index in [9.17, 15) is 14.4 Å². The van der Waals surface area contributed by atoms with E-state index < -0.39 is 23.8 Å². The summed E-state index contributed by atoms with van der Waals surface area (Å²) in [4.78, 5) is 38.9. The number of benzene rings is 3. The molecule has 1 saturated heterocycles. The Hall–Kier alpha value is -4.13. The van der Waals surface area contributed by atoms with Crippen molar-refractivity contribution in [3.05, 3.63) is 90.5 Å². The molecule has 0 spiro atoms. The molecule has 0 aromatic heterocycles. The molecular formula is C27H27N3O4. The molecule has 3 amide bonds. The summed E-state index contributed by atoms with van der Waals surface area (Å²) < 4.78 is 5.70. The van der Waals surface area contributed by atoms with Crippen molar-refractivity contribution in [2.24, 2.45) is 5.92 Å². The van der Waals surface area contributed by atoms with Crippen molar-refractivity contribution >= 4 is 17.7 Å². The van der Waals surface area contributed by atoms with E-state index in [0.29, 0.717) is 18.8 Å². The maximum absolute atomic E-state index is 12.5. The molecule has 0 radical (unpaired) electrons. The van der Waals surface area contributed by atoms with Gasteiger partial charge in [0.05, 0.1) is 5.92 Å². The molecule has 2 N–H and O–H groups in total. The van der Waals surface area contributed by atoms with Gasteiger partial charge in [0.1, 0.15) is 5.75 Å². The lowest BCUT2D eigenvalue weighted by Crippen LogP contribution is -2.49. The van der Waals surface area contributed by atoms with E-state index in [4.69, 9.17) is 4.74 Å². The highest BCUT2D eigenvalue weighted by Gasteiger charge is 2.34. The summed E-state index contributed by atoms with van der Waals surface area (Å²) in [6, 6.07) is 27.0. The topological polar surface area (TPSA) is 87.7 Å². The molecule has 1 heterocycles. The van der Waals surface area contributed by atoms with Crippen LogP contribution in [0.1, 0.15) is 18.9 Å². The summed E-state index contributed by atoms with van der Waals surface area (Å²) in [5.74, 6) is -0.918. The zero-order valence-corrected chi connectivity index (χ0v) is 18.9. The summed E-state index contributed by atoms with van der Waals surface area (Å²) in [5.41, 5.74) is 7.98. The lowest BCUT2D eigenvalue weighted by molar-refractivity contribution is -0.134. The SMILES string of the molecule is CC(Oc1ccc(-c2ccccc2)cc1)C(=O)NNC(=O)C1CC(=O)N(Cc2ccccc2)C1. The molecule has 7 nitrogen and oxygen atoms in total. The van der Waals surface area contributed by atoms with Gasteiger partial charge in [-0.15, -0.1) is 0 Å². The van der Waals surface area contributed by atoms with Crippen molar-refractivity contribution in [3.8, 4) is 16.9 Å². The number of hydrogen-bond donors (Lipinski definition) is 2. The molecule has 7 heteroatoms. The largest absolute Gasteiger partial charge is 0.481 e. The first-order chi connectivity index (χ1) is 16.5. The molecule has 2 atom stereocenters. The normalized spacial score (nSPS) is 16.1. The highest BCUT2D eigenvalue weighted by molar-refractivity contribution is 5.91. The number of hydrazine groups is 1. The lowest BCUT2D eigenvalue weighted by Gasteiger charge is -2.18. The molecule has 34 heavy (non-hydrogen) atoms. The number of carbonyl (C=O) groups excluding carboxylic acids is 3. The molecule has 0 saturated carbocycles. The Morgan fingerprint density at radius 2 is 1.53 bits per heavy atom. The second kappa shape index (κ2) is 10.7. The van der Waals surface area contributed by atoms with Crippen LogP contribution in [0.15, 0.2) is 84.9 Å². The van der Waals surface area contributed by atoms with Crippen LogP contribution in [0.5, 0.6) is 5.75 Å². The number of ether oxygens (including phenoxy) is 1. The fraction of sp³-hybridized carbons (Fsp3) is 0.222. The van der Waals surface area contributed by atoms with Crippen LogP contribution in [0, 0.1) is 5.92 Å². The van der Waals surface area contributed by atoms with Crippen LogP contribution < -0.4 is 15.6 Å². The van der Waals surface area contributed by atoms with Gasteiger partial charge in [-0.3, -0.25) is 25.2 Å². The fourth-order valence-electron chi connectivity index (χ4n) is 3.85. The van der Waals surface area contributed by atoms with Crippen LogP contribution in [0.2, 0.25) is 0 Å². The van der Waals surface area contributed by atoms with Crippen LogP contribution in [0.3, 0.4) is 0 Å². The predicted octanol–water partition coefficient (Wildman–Crippen LogP) is 3.32. The average molecular weight is 458 g/mol. The Morgan fingerprint density at radius 1 is 0.912 bits per heavy atom. The van der Waals surface area contributed by atoms with Crippen LogP contribution >= 0.6 is 0 Å². The highest BCUT2D eigenvalue weighted by atomic mass is 16.5. The molecule has 0 bridgehead atoms. The standard InChI is InChI=1S/C27H27N3O4/c1-19(34-24-14-12-22(13-15-24)21-10-6-3-7-11-21)26(32)28-29-27(33)23-16-25(31)30(18-23)17-20-8-4-2-5-9-20/h2-15,19,23H,16-18H2,1H3,(H,28,32)(H,29,33). The van der Waals surface area contributed by atoms with Gasteiger partial charge in [0.25, 0.3) is 5.91 Å². The van der Waals surface area contributed by atoms with Gasteiger partial charge in [-0.05, 0) is 35.7 Å². The Balaban J connectivity index is 1.24. The Morgan fingerprint density at radius 3 is 2.21 bits per heavy atom. The first kappa shape index (κ1) is 23.0. The molecule has 1 aliphatic heterocycles. The first-order valence-electron chi connectivity index (χ1n) is 11.2. The van der Waals surface area contributed by atoms with Crippen molar-refractivity contribution in [1.82, 2.24) is 15.8 Å². The zero-order chi connectivity index (χ0) is 23.9. The monoisotopic (exact) mass is 457 g/mol. The number of nitrogens with zero attached hydrogens (tertiary/aromatic N) is 1. The fourth-order valence-corrected chi connectivity index (χ4v) is 3.85. The Kier molecular flexibility index (Phi) is 7.22. The zero-order valence-electron chi connectivity index (χ0n) is 18.9. The lowest BCUT2D eigenvalue weighted by atomic mass is 10.1. The van der Waals surface area contributed by atoms with Gasteiger partial charge in [0.2, 0.25) is 11.8 Å². The molecule has 2 unspecified atom stereocenters. The number of carbonyl (C=O) groups is 3. The van der Waals surface area contributed by atoms with Crippen molar-refractivity contribution in [2.45, 2.75) is 26.0 Å². The highest BCUT2D eigenvalue weighted by Crippen LogP contribution is 2.23. The summed E-state index contributed by atoms with van der Waals surface area (Å²) in [7, 11) is 0. The van der Waals surface area contributed by atoms with E-state index >= 15 is 0 Å². The minimum Gasteiger partial charge on any atom is -0.481 e. The van der Waals surface area contributed by atoms with Crippen molar-refractivity contribution in [1.29, 1.82) is 0 Å². The third kappa shape index (κ3) is 5.81. The molecule has 3 aromatic carbocycles. The second-order valence-electron chi connectivity index (χ2n) is 8.29. The number of amides is 3. The average Bonchev–Trinajstić information content (AvgIpc) is 3.24. The van der Waals surface area contributed by atoms with Gasteiger partial charge < -0.3 is 9.64 Å². The number of likely N-dealkylation sites (tertiary alicyclic amines) is 1. The molecule has 174 valence electrons. The summed E-state index contributed by atoms with van der Waals surface area (Å²) in [6.07, 6.45) is -0.698. The molecule has 1 aliphatic rings. The Labute approximate surface area is 198 Å². The third-order valence-electron chi connectivity index (χ3n) is 5.75. The van der Waals surface area contributed by atoms with Crippen LogP contribution in [0.25, 0.3) is 11.1 Å². The van der Waals surface area contributed by atoms with Crippen molar-refractivity contribution < 1.29 is 19.1 Å². The van der Waals surface area contributed by atoms with Crippen LogP contribution in [0.4, 0.5) is 0 Å². The van der Waals surface area contributed by atoms with Crippen molar-refractivity contribution in [3.63, 3.8) is 0 Å². The number of rotatable bonds is 7. The van der Waals surface area contributed by atoms with E-state index in [1.807, 2.05) is 72.8 Å². The maximum atomic E-state index is 12.5. The molecule has 3 aromatic rings. The van der Waals surface area contributed by atoms with E-state index in [-0.39, 0.29) is 12.3 Å². The third-order valence-corrected chi connectivity index (χ3v) is 5.75. The molecular weight excluding hydrogens is 430 g/mol. The first-order valence-corrected chi connectivity index (χ1v) is 11.2. The molecule has 1 fully saturated rings. The van der Waals surface area contributed by atoms with Gasteiger partial charge in [-0.25, -0.2) is 0 Å². The number of hydrogen-bond acceptors (Lipinski definition) is 4. The van der Waals surface area contributed by atoms with Crippen molar-refractivity contribution in [2.75, 3.05) is 6.54 Å². The maximum Gasteiger partial charge on any atom is 0.279 e. The van der Waals surface area contributed by atoms with E-state index in [2.05, 4.69) is 10.9 Å². The van der Waals surface area contributed by atoms with Crippen LogP contribution in [-0.4, -0.2) is 35.3 Å². The van der Waals surface area contributed by atoms with Gasteiger partial charge in [0, 0.05) is 19.5 Å². The predicted molar refractivity (Wildman–Crippen MR) is 128 cm³/mol. The minimum absolute atomic E-state index is 0.0778. The van der Waals surface area contributed by atoms with E-state index in [1.165, 1.54) is 0 Å². The molecule has 0 aliphatic carbocycles. The Bertz CT molecular complexity index is 1130. The second-order valence-corrected chi connectivity index (χ2v) is 8.29. The summed E-state index contributed by atoms with van der Waals surface area (Å²) >= 11 is 0.